The number of nitro groups is 1. The third kappa shape index (κ3) is 4.24. The Bertz CT molecular complexity index is 675. The second-order valence-corrected chi connectivity index (χ2v) is 5.10. The van der Waals surface area contributed by atoms with Crippen LogP contribution in [0, 0.1) is 25.5 Å². The first kappa shape index (κ1) is 14.3. The van der Waals surface area contributed by atoms with Gasteiger partial charge in [0.1, 0.15) is 12.4 Å². The van der Waals surface area contributed by atoms with Gasteiger partial charge in [-0.25, -0.2) is 0 Å². The molecule has 5 heteroatoms. The number of nitro benzene ring substituents is 1. The van der Waals surface area contributed by atoms with Gasteiger partial charge < -0.3 is 4.74 Å². The van der Waals surface area contributed by atoms with Gasteiger partial charge in [0.15, 0.2) is 0 Å². The highest BCUT2D eigenvalue weighted by atomic mass is 127. The van der Waals surface area contributed by atoms with E-state index in [1.54, 1.807) is 6.07 Å². The molecule has 4 nitrogen and oxygen atoms in total. The highest BCUT2D eigenvalue weighted by molar-refractivity contribution is 14.1. The second-order valence-electron chi connectivity index (χ2n) is 3.86. The predicted octanol–water partition coefficient (Wildman–Crippen LogP) is 3.63. The number of ether oxygens (including phenoxy) is 1. The van der Waals surface area contributed by atoms with Crippen molar-refractivity contribution in [2.24, 2.45) is 0 Å². The van der Waals surface area contributed by atoms with E-state index >= 15 is 0 Å². The molecule has 0 N–H and O–H groups in total. The van der Waals surface area contributed by atoms with E-state index in [9.17, 15) is 10.1 Å². The van der Waals surface area contributed by atoms with Crippen LogP contribution < -0.4 is 4.74 Å². The number of halogens is 1. The molecule has 0 aliphatic heterocycles. The number of nitrogens with zero attached hydrogens (tertiary/aromatic N) is 1. The summed E-state index contributed by atoms with van der Waals surface area (Å²) in [4.78, 5) is 10.3. The Kier molecular flexibility index (Phi) is 4.96. The summed E-state index contributed by atoms with van der Waals surface area (Å²) >= 11 is 2.01. The third-order valence-electron chi connectivity index (χ3n) is 2.38. The molecular formula is C15H10INO3. The number of benzene rings is 2. The lowest BCUT2D eigenvalue weighted by Gasteiger charge is -2.02. The van der Waals surface area contributed by atoms with Crippen LogP contribution in [0.3, 0.4) is 0 Å². The quantitative estimate of drug-likeness (QED) is 0.354. The molecule has 0 bridgehead atoms. The molecule has 2 rings (SSSR count). The molecule has 0 spiro atoms. The van der Waals surface area contributed by atoms with Crippen molar-refractivity contribution in [2.45, 2.75) is 0 Å². The summed E-state index contributed by atoms with van der Waals surface area (Å²) in [6.45, 7) is 0.187. The maximum absolute atomic E-state index is 10.7. The first-order valence-corrected chi connectivity index (χ1v) is 6.85. The fourth-order valence-corrected chi connectivity index (χ4v) is 2.14. The molecular weight excluding hydrogens is 369 g/mol. The monoisotopic (exact) mass is 379 g/mol. The number of hydrogen-bond donors (Lipinski definition) is 0. The number of rotatable bonds is 3. The molecule has 0 saturated carbocycles. The summed E-state index contributed by atoms with van der Waals surface area (Å²) in [6, 6.07) is 14.2. The molecule has 0 aliphatic rings. The van der Waals surface area contributed by atoms with Crippen LogP contribution in [0.5, 0.6) is 5.75 Å². The van der Waals surface area contributed by atoms with E-state index in [0.29, 0.717) is 5.75 Å². The van der Waals surface area contributed by atoms with E-state index in [1.165, 1.54) is 12.1 Å². The fraction of sp³-hybridized carbons (Fsp3) is 0.0667. The van der Waals surface area contributed by atoms with Gasteiger partial charge >= 0.3 is 0 Å². The molecule has 0 saturated heterocycles. The Morgan fingerprint density at radius 3 is 2.65 bits per heavy atom. The summed E-state index contributed by atoms with van der Waals surface area (Å²) < 4.78 is 6.17. The molecule has 0 amide bonds. The van der Waals surface area contributed by atoms with Crippen molar-refractivity contribution in [1.29, 1.82) is 0 Å². The fourth-order valence-electron chi connectivity index (χ4n) is 1.52. The number of non-ortho nitro benzene ring substituents is 1. The molecule has 0 aromatic heterocycles. The van der Waals surface area contributed by atoms with Crippen LogP contribution in [-0.4, -0.2) is 11.5 Å². The third-order valence-corrected chi connectivity index (χ3v) is 3.01. The Hall–Kier alpha value is -2.07. The Labute approximate surface area is 130 Å². The van der Waals surface area contributed by atoms with Crippen molar-refractivity contribution < 1.29 is 9.66 Å². The first-order chi connectivity index (χ1) is 9.65. The summed E-state index contributed by atoms with van der Waals surface area (Å²) in [5.41, 5.74) is 0.924. The van der Waals surface area contributed by atoms with Crippen molar-refractivity contribution in [2.75, 3.05) is 6.61 Å². The van der Waals surface area contributed by atoms with Crippen molar-refractivity contribution >= 4 is 28.3 Å². The molecule has 100 valence electrons. The zero-order chi connectivity index (χ0) is 14.4. The SMILES string of the molecule is O=[N+]([O-])c1cc(I)cc(OCC#Cc2ccccc2)c1. The van der Waals surface area contributed by atoms with Crippen LogP contribution in [0.25, 0.3) is 0 Å². The van der Waals surface area contributed by atoms with Crippen LogP contribution >= 0.6 is 22.6 Å². The van der Waals surface area contributed by atoms with Crippen LogP contribution in [-0.2, 0) is 0 Å². The molecule has 0 unspecified atom stereocenters. The topological polar surface area (TPSA) is 52.4 Å². The Balaban J connectivity index is 2.01. The van der Waals surface area contributed by atoms with Crippen LogP contribution in [0.2, 0.25) is 0 Å². The standard InChI is InChI=1S/C15H10INO3/c16-13-9-14(17(18)19)11-15(10-13)20-8-4-7-12-5-2-1-3-6-12/h1-3,5-6,9-11H,8H2. The molecule has 0 atom stereocenters. The molecule has 0 aliphatic carbocycles. The van der Waals surface area contributed by atoms with Crippen LogP contribution in [0.1, 0.15) is 5.56 Å². The number of hydrogen-bond acceptors (Lipinski definition) is 3. The van der Waals surface area contributed by atoms with Gasteiger partial charge in [0.2, 0.25) is 0 Å². The Morgan fingerprint density at radius 1 is 1.20 bits per heavy atom. The van der Waals surface area contributed by atoms with Gasteiger partial charge in [-0.15, -0.1) is 0 Å². The van der Waals surface area contributed by atoms with Crippen LogP contribution in [0.4, 0.5) is 5.69 Å². The minimum Gasteiger partial charge on any atom is -0.481 e. The summed E-state index contributed by atoms with van der Waals surface area (Å²) in [5, 5.41) is 10.7. The van der Waals surface area contributed by atoms with E-state index in [4.69, 9.17) is 4.74 Å². The summed E-state index contributed by atoms with van der Waals surface area (Å²) in [6.07, 6.45) is 0. The van der Waals surface area contributed by atoms with E-state index in [0.717, 1.165) is 9.13 Å². The highest BCUT2D eigenvalue weighted by Crippen LogP contribution is 2.23. The van der Waals surface area contributed by atoms with Crippen LogP contribution in [0.15, 0.2) is 48.5 Å². The van der Waals surface area contributed by atoms with E-state index in [1.807, 2.05) is 52.9 Å². The van der Waals surface area contributed by atoms with Gasteiger partial charge in [-0.2, -0.15) is 0 Å². The van der Waals surface area contributed by atoms with E-state index < -0.39 is 4.92 Å². The highest BCUT2D eigenvalue weighted by Gasteiger charge is 2.08. The second kappa shape index (κ2) is 6.91. The van der Waals surface area contributed by atoms with Gasteiger partial charge in [-0.05, 0) is 40.8 Å². The molecule has 0 fully saturated rings. The van der Waals surface area contributed by atoms with Gasteiger partial charge in [0.05, 0.1) is 11.0 Å². The summed E-state index contributed by atoms with van der Waals surface area (Å²) in [5.74, 6) is 6.28. The first-order valence-electron chi connectivity index (χ1n) is 5.77. The van der Waals surface area contributed by atoms with Gasteiger partial charge in [0.25, 0.3) is 5.69 Å². The Morgan fingerprint density at radius 2 is 1.95 bits per heavy atom. The average Bonchev–Trinajstić information content (AvgIpc) is 2.44. The van der Waals surface area contributed by atoms with E-state index in [-0.39, 0.29) is 12.3 Å². The largest absolute Gasteiger partial charge is 0.481 e. The van der Waals surface area contributed by atoms with Crippen molar-refractivity contribution in [3.63, 3.8) is 0 Å². The maximum Gasteiger partial charge on any atom is 0.274 e. The molecule has 20 heavy (non-hydrogen) atoms. The average molecular weight is 379 g/mol. The van der Waals surface area contributed by atoms with Crippen molar-refractivity contribution in [3.05, 3.63) is 67.8 Å². The lowest BCUT2D eigenvalue weighted by molar-refractivity contribution is -0.385. The molecule has 2 aromatic carbocycles. The van der Waals surface area contributed by atoms with E-state index in [2.05, 4.69) is 11.8 Å². The zero-order valence-electron chi connectivity index (χ0n) is 10.4. The van der Waals surface area contributed by atoms with Gasteiger partial charge in [0, 0.05) is 15.2 Å². The summed E-state index contributed by atoms with van der Waals surface area (Å²) in [7, 11) is 0. The van der Waals surface area contributed by atoms with Crippen molar-refractivity contribution in [3.8, 4) is 17.6 Å². The minimum atomic E-state index is -0.440. The maximum atomic E-state index is 10.7. The molecule has 0 heterocycles. The smallest absolute Gasteiger partial charge is 0.274 e. The zero-order valence-corrected chi connectivity index (χ0v) is 12.5. The predicted molar refractivity (Wildman–Crippen MR) is 84.6 cm³/mol. The normalized spacial score (nSPS) is 9.45. The lowest BCUT2D eigenvalue weighted by Crippen LogP contribution is -1.96. The van der Waals surface area contributed by atoms with Gasteiger partial charge in [-0.3, -0.25) is 10.1 Å². The molecule has 2 aromatic rings. The minimum absolute atomic E-state index is 0.0166. The lowest BCUT2D eigenvalue weighted by atomic mass is 10.2. The molecule has 0 radical (unpaired) electrons. The van der Waals surface area contributed by atoms with Crippen molar-refractivity contribution in [1.82, 2.24) is 0 Å². The van der Waals surface area contributed by atoms with Gasteiger partial charge in [-0.1, -0.05) is 30.0 Å².